The summed E-state index contributed by atoms with van der Waals surface area (Å²) in [5.41, 5.74) is 5.26. The van der Waals surface area contributed by atoms with Crippen LogP contribution in [0.5, 0.6) is 0 Å². The van der Waals surface area contributed by atoms with Crippen LogP contribution in [0.1, 0.15) is 0 Å². The van der Waals surface area contributed by atoms with E-state index in [1.165, 1.54) is 0 Å². The second kappa shape index (κ2) is 4.20. The van der Waals surface area contributed by atoms with Crippen LogP contribution in [0.4, 0.5) is 0 Å². The zero-order chi connectivity index (χ0) is 12.6. The number of hydrogen-bond acceptors (Lipinski definition) is 9. The van der Waals surface area contributed by atoms with Crippen LogP contribution in [-0.2, 0) is 4.74 Å². The van der Waals surface area contributed by atoms with Crippen LogP contribution in [0.15, 0.2) is 21.6 Å². The van der Waals surface area contributed by atoms with Gasteiger partial charge < -0.3 is 30.9 Å². The lowest BCUT2D eigenvalue weighted by Gasteiger charge is -2.25. The predicted octanol–water partition coefficient (Wildman–Crippen LogP) is -2.60. The Morgan fingerprint density at radius 2 is 2.18 bits per heavy atom. The van der Waals surface area contributed by atoms with E-state index in [9.17, 15) is 15.3 Å². The smallest absolute Gasteiger partial charge is 0.240 e. The van der Waals surface area contributed by atoms with Gasteiger partial charge in [0, 0.05) is 0 Å². The van der Waals surface area contributed by atoms with E-state index in [1.807, 2.05) is 0 Å². The van der Waals surface area contributed by atoms with Crippen molar-refractivity contribution in [1.82, 2.24) is 4.90 Å². The maximum Gasteiger partial charge on any atom is 0.240 e. The molecule has 0 saturated carbocycles. The van der Waals surface area contributed by atoms with E-state index in [1.54, 1.807) is 0 Å². The normalized spacial score (nSPS) is 32.8. The van der Waals surface area contributed by atoms with Gasteiger partial charge in [-0.1, -0.05) is 0 Å². The van der Waals surface area contributed by atoms with Crippen LogP contribution in [-0.4, -0.2) is 62.8 Å². The molecule has 0 fully saturated rings. The van der Waals surface area contributed by atoms with Crippen LogP contribution < -0.4 is 5.73 Å². The van der Waals surface area contributed by atoms with Crippen LogP contribution in [0, 0.1) is 0 Å². The number of ether oxygens (including phenoxy) is 1. The van der Waals surface area contributed by atoms with Crippen molar-refractivity contribution in [2.45, 2.75) is 18.6 Å². The van der Waals surface area contributed by atoms with Gasteiger partial charge in [-0.15, -0.1) is 0 Å². The minimum absolute atomic E-state index is 0.119. The van der Waals surface area contributed by atoms with Crippen molar-refractivity contribution in [3.05, 3.63) is 11.6 Å². The molecule has 9 nitrogen and oxygen atoms in total. The molecule has 6 N–H and O–H groups in total. The molecular weight excluding hydrogens is 232 g/mol. The zero-order valence-corrected chi connectivity index (χ0v) is 8.63. The highest BCUT2D eigenvalue weighted by Gasteiger charge is 2.39. The van der Waals surface area contributed by atoms with E-state index in [0.29, 0.717) is 0 Å². The Bertz CT molecular complexity index is 407. The quantitative estimate of drug-likeness (QED) is 0.358. The Morgan fingerprint density at radius 3 is 2.71 bits per heavy atom. The molecule has 3 atom stereocenters. The van der Waals surface area contributed by atoms with Gasteiger partial charge in [-0.3, -0.25) is 4.90 Å². The summed E-state index contributed by atoms with van der Waals surface area (Å²) in [4.78, 5) is 8.12. The topological polar surface area (TPSA) is 144 Å². The molecule has 94 valence electrons. The number of rotatable bonds is 2. The second-order valence-corrected chi connectivity index (χ2v) is 3.46. The largest absolute Gasteiger partial charge is 0.505 e. The lowest BCUT2D eigenvalue weighted by molar-refractivity contribution is -0.0274. The van der Waals surface area contributed by atoms with Gasteiger partial charge >= 0.3 is 0 Å². The molecule has 0 aromatic carbocycles. The van der Waals surface area contributed by atoms with Crippen LogP contribution in [0.3, 0.4) is 0 Å². The maximum absolute atomic E-state index is 9.59. The average Bonchev–Trinajstić information content (AvgIpc) is 2.57. The number of aliphatic hydroxyl groups excluding tert-OH is 4. The van der Waals surface area contributed by atoms with Crippen molar-refractivity contribution < 1.29 is 25.2 Å². The summed E-state index contributed by atoms with van der Waals surface area (Å²) in [6, 6.07) is 0. The molecule has 9 heteroatoms. The first-order chi connectivity index (χ1) is 8.04. The number of nitrogens with two attached hydrogens (primary N) is 1. The highest BCUT2D eigenvalue weighted by molar-refractivity contribution is 5.87. The van der Waals surface area contributed by atoms with Crippen molar-refractivity contribution in [1.29, 1.82) is 0 Å². The summed E-state index contributed by atoms with van der Waals surface area (Å²) >= 11 is 0. The first-order valence-corrected chi connectivity index (χ1v) is 4.77. The summed E-state index contributed by atoms with van der Waals surface area (Å²) in [6.07, 6.45) is -2.66. The fraction of sp³-hybridized carbons (Fsp3) is 0.500. The van der Waals surface area contributed by atoms with Crippen LogP contribution >= 0.6 is 0 Å². The van der Waals surface area contributed by atoms with Crippen LogP contribution in [0.25, 0.3) is 0 Å². The number of guanidine groups is 1. The maximum atomic E-state index is 9.59. The first kappa shape index (κ1) is 11.6. The van der Waals surface area contributed by atoms with E-state index >= 15 is 0 Å². The van der Waals surface area contributed by atoms with Gasteiger partial charge in [-0.25, -0.2) is 4.99 Å². The molecule has 2 aliphatic rings. The fourth-order valence-electron chi connectivity index (χ4n) is 1.45. The molecule has 0 aromatic rings. The minimum atomic E-state index is -1.41. The monoisotopic (exact) mass is 244 g/mol. The molecule has 0 saturated heterocycles. The molecule has 2 rings (SSSR count). The Labute approximate surface area is 95.8 Å². The van der Waals surface area contributed by atoms with Gasteiger partial charge in [0.05, 0.1) is 6.61 Å². The molecule has 17 heavy (non-hydrogen) atoms. The van der Waals surface area contributed by atoms with Gasteiger partial charge in [0.1, 0.15) is 6.34 Å². The Balaban J connectivity index is 2.22. The molecule has 0 spiro atoms. The number of hydrogen-bond donors (Lipinski definition) is 5. The number of aliphatic hydroxyl groups is 4. The Hall–Kier alpha value is -1.84. The van der Waals surface area contributed by atoms with Crippen molar-refractivity contribution in [3.8, 4) is 0 Å². The molecule has 0 aromatic heterocycles. The molecule has 2 aliphatic heterocycles. The van der Waals surface area contributed by atoms with Crippen molar-refractivity contribution in [2.24, 2.45) is 15.7 Å². The van der Waals surface area contributed by atoms with E-state index in [-0.39, 0.29) is 11.8 Å². The molecule has 0 aliphatic carbocycles. The van der Waals surface area contributed by atoms with Gasteiger partial charge in [0.2, 0.25) is 18.2 Å². The van der Waals surface area contributed by atoms with Crippen molar-refractivity contribution in [2.75, 3.05) is 6.61 Å². The van der Waals surface area contributed by atoms with Gasteiger partial charge in [0.15, 0.2) is 18.0 Å². The van der Waals surface area contributed by atoms with Gasteiger partial charge in [0.25, 0.3) is 0 Å². The van der Waals surface area contributed by atoms with Crippen molar-refractivity contribution >= 4 is 12.3 Å². The lowest BCUT2D eigenvalue weighted by Crippen LogP contribution is -2.38. The summed E-state index contributed by atoms with van der Waals surface area (Å²) < 4.78 is 5.07. The Kier molecular flexibility index (Phi) is 2.88. The van der Waals surface area contributed by atoms with Gasteiger partial charge in [-0.2, -0.15) is 4.99 Å². The van der Waals surface area contributed by atoms with Crippen LogP contribution in [0.2, 0.25) is 0 Å². The predicted molar refractivity (Wildman–Crippen MR) is 55.6 cm³/mol. The number of nitrogens with zero attached hydrogens (tertiary/aromatic N) is 3. The highest BCUT2D eigenvalue weighted by Crippen LogP contribution is 2.27. The average molecular weight is 244 g/mol. The third kappa shape index (κ3) is 1.90. The Morgan fingerprint density at radius 1 is 1.47 bits per heavy atom. The molecule has 0 radical (unpaired) electrons. The lowest BCUT2D eigenvalue weighted by atomic mass is 10.2. The van der Waals surface area contributed by atoms with Gasteiger partial charge in [-0.05, 0) is 0 Å². The molecule has 0 bridgehead atoms. The molecule has 0 amide bonds. The molecule has 2 unspecified atom stereocenters. The standard InChI is InChI=1S/C8H12N4O5/c9-7-10-2-12(8(16)11-7)6-5(15)4(14)3(1-13)17-6/h2-4,8,13-16H,1H2,(H2,9,11)/t3-,4?,8?/m1/s1. The first-order valence-electron chi connectivity index (χ1n) is 4.77. The summed E-state index contributed by atoms with van der Waals surface area (Å²) in [7, 11) is 0. The molecular formula is C8H12N4O5. The summed E-state index contributed by atoms with van der Waals surface area (Å²) in [5, 5.41) is 37.5. The highest BCUT2D eigenvalue weighted by atomic mass is 16.6. The third-order valence-electron chi connectivity index (χ3n) is 2.34. The molecule has 2 heterocycles. The van der Waals surface area contributed by atoms with E-state index < -0.39 is 30.9 Å². The number of aliphatic imine (C=N–C) groups is 2. The zero-order valence-electron chi connectivity index (χ0n) is 8.63. The summed E-state index contributed by atoms with van der Waals surface area (Å²) in [5.74, 6) is -0.847. The van der Waals surface area contributed by atoms with E-state index in [4.69, 9.17) is 15.6 Å². The summed E-state index contributed by atoms with van der Waals surface area (Å²) in [6.45, 7) is -0.485. The van der Waals surface area contributed by atoms with E-state index in [0.717, 1.165) is 11.2 Å². The third-order valence-corrected chi connectivity index (χ3v) is 2.34. The SMILES string of the molecule is NC1=NC(O)N(C2=C(O)C(O)[C@@H](CO)O2)C=N1. The van der Waals surface area contributed by atoms with E-state index in [2.05, 4.69) is 9.98 Å². The minimum Gasteiger partial charge on any atom is -0.505 e. The fourth-order valence-corrected chi connectivity index (χ4v) is 1.45. The second-order valence-electron chi connectivity index (χ2n) is 3.46. The van der Waals surface area contributed by atoms with Crippen molar-refractivity contribution in [3.63, 3.8) is 0 Å².